The molecule has 1 N–H and O–H groups in total. The molecule has 2 nitrogen and oxygen atoms in total. The second kappa shape index (κ2) is 3.95. The quantitative estimate of drug-likeness (QED) is 0.551. The summed E-state index contributed by atoms with van der Waals surface area (Å²) in [5, 5.41) is 6.42. The molecule has 0 bridgehead atoms. The van der Waals surface area contributed by atoms with Crippen molar-refractivity contribution in [2.75, 3.05) is 0 Å². The predicted octanol–water partition coefficient (Wildman–Crippen LogP) is 1.93. The van der Waals surface area contributed by atoms with Crippen LogP contribution in [0.3, 0.4) is 0 Å². The van der Waals surface area contributed by atoms with Gasteiger partial charge in [0, 0.05) is 5.71 Å². The van der Waals surface area contributed by atoms with Gasteiger partial charge in [0.15, 0.2) is 5.83 Å². The van der Waals surface area contributed by atoms with Gasteiger partial charge in [-0.05, 0) is 13.8 Å². The van der Waals surface area contributed by atoms with Gasteiger partial charge in [-0.15, -0.1) is 0 Å². The average molecular weight is 128 g/mol. The molecule has 3 heteroatoms. The van der Waals surface area contributed by atoms with Gasteiger partial charge in [-0.1, -0.05) is 0 Å². The number of nitrogens with one attached hydrogen (secondary N) is 1. The van der Waals surface area contributed by atoms with Crippen molar-refractivity contribution in [1.29, 1.82) is 5.41 Å². The summed E-state index contributed by atoms with van der Waals surface area (Å²) >= 11 is 0. The molecule has 0 unspecified atom stereocenters. The molecule has 0 radical (unpaired) electrons. The second-order valence-electron chi connectivity index (χ2n) is 1.73. The molecule has 0 aromatic rings. The first kappa shape index (κ1) is 8.01. The van der Waals surface area contributed by atoms with Gasteiger partial charge in [-0.2, -0.15) is 0 Å². The predicted molar refractivity (Wildman–Crippen MR) is 36.8 cm³/mol. The fraction of sp³-hybridized carbons (Fsp3) is 0.333. The SMILES string of the molecule is CC(C)=N/C=C(/F)C=N. The number of allylic oxidation sites excluding steroid dienone is 1. The molecule has 0 rings (SSSR count). The maximum Gasteiger partial charge on any atom is 0.158 e. The van der Waals surface area contributed by atoms with Crippen LogP contribution in [0.1, 0.15) is 13.8 Å². The maximum atomic E-state index is 12.0. The fourth-order valence-electron chi connectivity index (χ4n) is 0.228. The molecule has 0 spiro atoms. The molecular formula is C6H9FN2. The monoisotopic (exact) mass is 128 g/mol. The van der Waals surface area contributed by atoms with Gasteiger partial charge in [0.25, 0.3) is 0 Å². The Balaban J connectivity index is 3.98. The van der Waals surface area contributed by atoms with Gasteiger partial charge in [-0.3, -0.25) is 4.99 Å². The normalized spacial score (nSPS) is 10.8. The van der Waals surface area contributed by atoms with Crippen molar-refractivity contribution in [2.45, 2.75) is 13.8 Å². The highest BCUT2D eigenvalue weighted by Crippen LogP contribution is 1.90. The maximum absolute atomic E-state index is 12.0. The van der Waals surface area contributed by atoms with Crippen molar-refractivity contribution in [3.8, 4) is 0 Å². The van der Waals surface area contributed by atoms with Crippen LogP contribution in [-0.2, 0) is 0 Å². The number of nitrogens with zero attached hydrogens (tertiary/aromatic N) is 1. The third kappa shape index (κ3) is 4.87. The molecule has 0 aromatic heterocycles. The van der Waals surface area contributed by atoms with E-state index in [1.165, 1.54) is 0 Å². The zero-order valence-corrected chi connectivity index (χ0v) is 5.48. The van der Waals surface area contributed by atoms with Crippen molar-refractivity contribution in [2.24, 2.45) is 4.99 Å². The first-order chi connectivity index (χ1) is 4.16. The first-order valence-corrected chi connectivity index (χ1v) is 2.54. The van der Waals surface area contributed by atoms with Crippen LogP contribution in [-0.4, -0.2) is 11.9 Å². The third-order valence-electron chi connectivity index (χ3n) is 0.584. The molecule has 0 aliphatic carbocycles. The van der Waals surface area contributed by atoms with E-state index in [1.807, 2.05) is 0 Å². The lowest BCUT2D eigenvalue weighted by Gasteiger charge is -1.82. The highest BCUT2D eigenvalue weighted by molar-refractivity contribution is 5.80. The van der Waals surface area contributed by atoms with Crippen LogP contribution >= 0.6 is 0 Å². The second-order valence-corrected chi connectivity index (χ2v) is 1.73. The van der Waals surface area contributed by atoms with Gasteiger partial charge >= 0.3 is 0 Å². The lowest BCUT2D eigenvalue weighted by atomic mass is 10.5. The van der Waals surface area contributed by atoms with Crippen LogP contribution in [0.4, 0.5) is 4.39 Å². The summed E-state index contributed by atoms with van der Waals surface area (Å²) in [5.74, 6) is -0.629. The zero-order chi connectivity index (χ0) is 7.28. The lowest BCUT2D eigenvalue weighted by molar-refractivity contribution is 0.682. The van der Waals surface area contributed by atoms with E-state index in [4.69, 9.17) is 5.41 Å². The summed E-state index contributed by atoms with van der Waals surface area (Å²) in [6.07, 6.45) is 1.63. The summed E-state index contributed by atoms with van der Waals surface area (Å²) in [6.45, 7) is 3.52. The van der Waals surface area contributed by atoms with E-state index in [-0.39, 0.29) is 0 Å². The topological polar surface area (TPSA) is 36.2 Å². The number of hydrogen-bond donors (Lipinski definition) is 1. The molecule has 0 heterocycles. The van der Waals surface area contributed by atoms with Crippen molar-refractivity contribution in [3.05, 3.63) is 12.0 Å². The standard InChI is InChI=1S/C6H9FN2/c1-5(2)9-4-6(7)3-8/h3-4,8H,1-2H3/b6-4+,8-3?. The first-order valence-electron chi connectivity index (χ1n) is 2.54. The van der Waals surface area contributed by atoms with E-state index in [9.17, 15) is 4.39 Å². The summed E-state index contributed by atoms with van der Waals surface area (Å²) in [6, 6.07) is 0. The molecule has 0 amide bonds. The van der Waals surface area contributed by atoms with Crippen molar-refractivity contribution < 1.29 is 4.39 Å². The van der Waals surface area contributed by atoms with Crippen LogP contribution in [0.15, 0.2) is 17.0 Å². The Morgan fingerprint density at radius 1 is 1.56 bits per heavy atom. The summed E-state index contributed by atoms with van der Waals surface area (Å²) in [7, 11) is 0. The van der Waals surface area contributed by atoms with Crippen molar-refractivity contribution in [1.82, 2.24) is 0 Å². The van der Waals surface area contributed by atoms with Crippen LogP contribution in [0.2, 0.25) is 0 Å². The third-order valence-corrected chi connectivity index (χ3v) is 0.584. The van der Waals surface area contributed by atoms with E-state index in [0.717, 1.165) is 11.9 Å². The molecule has 0 saturated heterocycles. The molecule has 50 valence electrons. The number of halogens is 1. The summed E-state index contributed by atoms with van der Waals surface area (Å²) in [5.41, 5.74) is 0.770. The van der Waals surface area contributed by atoms with Crippen LogP contribution in [0.5, 0.6) is 0 Å². The van der Waals surface area contributed by atoms with E-state index in [1.54, 1.807) is 13.8 Å². The van der Waals surface area contributed by atoms with Crippen molar-refractivity contribution in [3.63, 3.8) is 0 Å². The van der Waals surface area contributed by atoms with Crippen LogP contribution < -0.4 is 0 Å². The Hall–Kier alpha value is -0.990. The van der Waals surface area contributed by atoms with Gasteiger partial charge in [-0.25, -0.2) is 4.39 Å². The van der Waals surface area contributed by atoms with E-state index in [0.29, 0.717) is 6.21 Å². The number of hydrogen-bond acceptors (Lipinski definition) is 2. The molecular weight excluding hydrogens is 119 g/mol. The molecule has 0 atom stereocenters. The van der Waals surface area contributed by atoms with E-state index >= 15 is 0 Å². The highest BCUT2D eigenvalue weighted by atomic mass is 19.1. The highest BCUT2D eigenvalue weighted by Gasteiger charge is 1.81. The Morgan fingerprint density at radius 2 is 2.11 bits per heavy atom. The lowest BCUT2D eigenvalue weighted by Crippen LogP contribution is -1.77. The minimum Gasteiger partial charge on any atom is -0.306 e. The minimum atomic E-state index is -0.629. The molecule has 9 heavy (non-hydrogen) atoms. The molecule has 0 fully saturated rings. The van der Waals surface area contributed by atoms with E-state index < -0.39 is 5.83 Å². The molecule has 0 aliphatic rings. The molecule has 0 aliphatic heterocycles. The average Bonchev–Trinajstić information content (AvgIpc) is 1.83. The van der Waals surface area contributed by atoms with Crippen molar-refractivity contribution >= 4 is 11.9 Å². The van der Waals surface area contributed by atoms with Gasteiger partial charge in [0.1, 0.15) is 0 Å². The Kier molecular flexibility index (Phi) is 3.51. The van der Waals surface area contributed by atoms with Crippen LogP contribution in [0, 0.1) is 5.41 Å². The molecule has 0 aromatic carbocycles. The summed E-state index contributed by atoms with van der Waals surface area (Å²) in [4.78, 5) is 3.62. The van der Waals surface area contributed by atoms with E-state index in [2.05, 4.69) is 4.99 Å². The largest absolute Gasteiger partial charge is 0.306 e. The Bertz CT molecular complexity index is 154. The molecule has 0 saturated carbocycles. The van der Waals surface area contributed by atoms with Gasteiger partial charge in [0.05, 0.1) is 12.4 Å². The van der Waals surface area contributed by atoms with Gasteiger partial charge in [0.2, 0.25) is 0 Å². The Morgan fingerprint density at radius 3 is 2.44 bits per heavy atom. The zero-order valence-electron chi connectivity index (χ0n) is 5.48. The fourth-order valence-corrected chi connectivity index (χ4v) is 0.228. The smallest absolute Gasteiger partial charge is 0.158 e. The van der Waals surface area contributed by atoms with Crippen LogP contribution in [0.25, 0.3) is 0 Å². The number of aliphatic imine (C=N–C) groups is 1. The number of rotatable bonds is 2. The summed E-state index contributed by atoms with van der Waals surface area (Å²) < 4.78 is 12.0. The van der Waals surface area contributed by atoms with Gasteiger partial charge < -0.3 is 5.41 Å². The minimum absolute atomic E-state index is 0.618. The Labute approximate surface area is 53.6 Å².